The third-order valence-electron chi connectivity index (χ3n) is 8.08. The zero-order valence-electron chi connectivity index (χ0n) is 22.9. The van der Waals surface area contributed by atoms with E-state index in [9.17, 15) is 14.4 Å². The highest BCUT2D eigenvalue weighted by atomic mass is 35.5. The smallest absolute Gasteiger partial charge is 0.262 e. The Morgan fingerprint density at radius 3 is 2.62 bits per heavy atom. The molecule has 4 aromatic rings. The standard InChI is InChI=1S/C31H30ClN5O4S/c1-16(38)37-13-5-6-18(15-37)36-30(40)28-25-24-20(10-11-22(33)27(24)42-28)31(35,29(39)26(25)34)17-9-12-23(21(32)14-17)41-19-7-3-2-4-8-19/h2-4,7-12,14,18,26H,5-6,13,15,33-35H2,1H3,(H,36,40). The Kier molecular flexibility index (Phi) is 7.18. The van der Waals surface area contributed by atoms with Gasteiger partial charge < -0.3 is 32.2 Å². The molecule has 7 N–H and O–H groups in total. The summed E-state index contributed by atoms with van der Waals surface area (Å²) in [6, 6.07) is 16.2. The van der Waals surface area contributed by atoms with Gasteiger partial charge in [0, 0.05) is 42.7 Å². The number of nitrogens with zero attached hydrogens (tertiary/aromatic N) is 1. The van der Waals surface area contributed by atoms with E-state index in [1.807, 2.05) is 30.3 Å². The van der Waals surface area contributed by atoms with E-state index in [1.54, 1.807) is 35.2 Å². The van der Waals surface area contributed by atoms with Crippen molar-refractivity contribution in [2.24, 2.45) is 11.5 Å². The normalized spacial score (nSPS) is 21.8. The number of anilines is 1. The number of nitrogens with two attached hydrogens (primary N) is 3. The van der Waals surface area contributed by atoms with Crippen molar-refractivity contribution < 1.29 is 19.1 Å². The van der Waals surface area contributed by atoms with Gasteiger partial charge in [0.25, 0.3) is 5.91 Å². The molecule has 2 aliphatic rings. The fourth-order valence-corrected chi connectivity index (χ4v) is 7.35. The van der Waals surface area contributed by atoms with Crippen LogP contribution in [-0.4, -0.2) is 41.6 Å². The van der Waals surface area contributed by atoms with Crippen LogP contribution in [0, 0.1) is 0 Å². The van der Waals surface area contributed by atoms with Crippen LogP contribution >= 0.6 is 22.9 Å². The quantitative estimate of drug-likeness (QED) is 0.246. The minimum Gasteiger partial charge on any atom is -0.456 e. The number of amides is 2. The Morgan fingerprint density at radius 1 is 1.14 bits per heavy atom. The van der Waals surface area contributed by atoms with Gasteiger partial charge in [0.15, 0.2) is 5.78 Å². The zero-order valence-corrected chi connectivity index (χ0v) is 24.4. The Bertz CT molecular complexity index is 1740. The summed E-state index contributed by atoms with van der Waals surface area (Å²) in [6.07, 6.45) is 1.52. The molecule has 1 aromatic heterocycles. The van der Waals surface area contributed by atoms with Crippen molar-refractivity contribution >= 4 is 56.3 Å². The number of nitrogens with one attached hydrogen (secondary N) is 1. The Balaban J connectivity index is 1.40. The van der Waals surface area contributed by atoms with Gasteiger partial charge in [0.05, 0.1) is 20.6 Å². The molecule has 3 unspecified atom stereocenters. The van der Waals surface area contributed by atoms with Gasteiger partial charge in [-0.05, 0) is 54.3 Å². The van der Waals surface area contributed by atoms with Crippen molar-refractivity contribution in [1.82, 2.24) is 10.2 Å². The summed E-state index contributed by atoms with van der Waals surface area (Å²) >= 11 is 7.81. The van der Waals surface area contributed by atoms with Crippen molar-refractivity contribution in [2.75, 3.05) is 18.8 Å². The first kappa shape index (κ1) is 28.2. The van der Waals surface area contributed by atoms with Gasteiger partial charge in [0.2, 0.25) is 5.91 Å². The third-order valence-corrected chi connectivity index (χ3v) is 9.63. The van der Waals surface area contributed by atoms with Gasteiger partial charge in [-0.1, -0.05) is 41.9 Å². The number of hydrogen-bond acceptors (Lipinski definition) is 8. The molecule has 9 nitrogen and oxygen atoms in total. The number of Topliss-reactive ketones (excluding diaryl/α,β-unsaturated/α-hetero) is 1. The molecule has 1 fully saturated rings. The molecule has 0 bridgehead atoms. The highest BCUT2D eigenvalue weighted by Crippen LogP contribution is 2.50. The summed E-state index contributed by atoms with van der Waals surface area (Å²) in [4.78, 5) is 41.6. The molecule has 2 heterocycles. The first-order valence-corrected chi connectivity index (χ1v) is 14.8. The number of hydrogen-bond donors (Lipinski definition) is 4. The van der Waals surface area contributed by atoms with Crippen molar-refractivity contribution in [2.45, 2.75) is 37.4 Å². The molecule has 1 saturated heterocycles. The summed E-state index contributed by atoms with van der Waals surface area (Å²) < 4.78 is 6.54. The lowest BCUT2D eigenvalue weighted by atomic mass is 9.70. The average Bonchev–Trinajstić information content (AvgIpc) is 3.39. The lowest BCUT2D eigenvalue weighted by Gasteiger charge is -2.37. The number of nitrogen functional groups attached to an aromatic ring is 1. The van der Waals surface area contributed by atoms with Crippen molar-refractivity contribution in [1.29, 1.82) is 0 Å². The van der Waals surface area contributed by atoms with Crippen LogP contribution in [0.4, 0.5) is 5.69 Å². The third kappa shape index (κ3) is 4.60. The van der Waals surface area contributed by atoms with Gasteiger partial charge in [-0.3, -0.25) is 14.4 Å². The topological polar surface area (TPSA) is 154 Å². The zero-order chi connectivity index (χ0) is 29.8. The lowest BCUT2D eigenvalue weighted by Crippen LogP contribution is -2.53. The second-order valence-corrected chi connectivity index (χ2v) is 12.2. The first-order chi connectivity index (χ1) is 20.1. The number of carbonyl (C=O) groups excluding carboxylic acids is 3. The van der Waals surface area contributed by atoms with Gasteiger partial charge in [-0.15, -0.1) is 11.3 Å². The Morgan fingerprint density at radius 2 is 1.90 bits per heavy atom. The maximum atomic E-state index is 14.1. The number of thiophene rings is 1. The van der Waals surface area contributed by atoms with Gasteiger partial charge in [-0.2, -0.15) is 0 Å². The number of ether oxygens (including phenoxy) is 1. The number of carbonyl (C=O) groups is 3. The molecule has 0 radical (unpaired) electrons. The number of para-hydroxylation sites is 1. The first-order valence-electron chi connectivity index (χ1n) is 13.6. The minimum atomic E-state index is -1.65. The van der Waals surface area contributed by atoms with E-state index in [-0.39, 0.29) is 22.9 Å². The van der Waals surface area contributed by atoms with Crippen LogP contribution in [0.25, 0.3) is 10.1 Å². The Labute approximate surface area is 251 Å². The molecule has 6 rings (SSSR count). The molecule has 0 saturated carbocycles. The van der Waals surface area contributed by atoms with E-state index < -0.39 is 17.4 Å². The molecule has 1 aliphatic heterocycles. The molecular weight excluding hydrogens is 574 g/mol. The summed E-state index contributed by atoms with van der Waals surface area (Å²) in [6.45, 7) is 2.61. The fraction of sp³-hybridized carbons (Fsp3) is 0.258. The molecule has 42 heavy (non-hydrogen) atoms. The maximum absolute atomic E-state index is 14.1. The number of ketones is 1. The van der Waals surface area contributed by atoms with E-state index >= 15 is 0 Å². The van der Waals surface area contributed by atoms with Crippen LogP contribution in [0.5, 0.6) is 11.5 Å². The predicted molar refractivity (Wildman–Crippen MR) is 164 cm³/mol. The second-order valence-electron chi connectivity index (χ2n) is 10.7. The minimum absolute atomic E-state index is 0.0324. The van der Waals surface area contributed by atoms with Gasteiger partial charge in [-0.25, -0.2) is 0 Å². The second kappa shape index (κ2) is 10.7. The van der Waals surface area contributed by atoms with E-state index in [0.29, 0.717) is 61.9 Å². The number of piperidine rings is 1. The average molecular weight is 604 g/mol. The van der Waals surface area contributed by atoms with Crippen molar-refractivity contribution in [3.8, 4) is 11.5 Å². The predicted octanol–water partition coefficient (Wildman–Crippen LogP) is 4.45. The maximum Gasteiger partial charge on any atom is 0.262 e. The monoisotopic (exact) mass is 603 g/mol. The van der Waals surface area contributed by atoms with Gasteiger partial charge in [0.1, 0.15) is 17.0 Å². The van der Waals surface area contributed by atoms with E-state index in [0.717, 1.165) is 12.8 Å². The van der Waals surface area contributed by atoms with Crippen molar-refractivity contribution in [3.05, 3.63) is 87.3 Å². The fourth-order valence-electron chi connectivity index (χ4n) is 5.92. The number of rotatable bonds is 5. The van der Waals surface area contributed by atoms with Crippen molar-refractivity contribution in [3.63, 3.8) is 0 Å². The summed E-state index contributed by atoms with van der Waals surface area (Å²) in [5.41, 5.74) is 20.1. The van der Waals surface area contributed by atoms with Gasteiger partial charge >= 0.3 is 0 Å². The summed E-state index contributed by atoms with van der Waals surface area (Å²) in [5, 5.41) is 3.93. The van der Waals surface area contributed by atoms with Crippen LogP contribution in [-0.2, 0) is 15.1 Å². The van der Waals surface area contributed by atoms with Crippen LogP contribution in [0.2, 0.25) is 5.02 Å². The van der Waals surface area contributed by atoms with E-state index in [1.165, 1.54) is 18.3 Å². The molecule has 216 valence electrons. The lowest BCUT2D eigenvalue weighted by molar-refractivity contribution is -0.130. The highest BCUT2D eigenvalue weighted by Gasteiger charge is 2.49. The molecule has 3 atom stereocenters. The molecule has 0 spiro atoms. The molecule has 11 heteroatoms. The van der Waals surface area contributed by atoms with Crippen LogP contribution in [0.1, 0.15) is 52.2 Å². The summed E-state index contributed by atoms with van der Waals surface area (Å²) in [7, 11) is 0. The van der Waals surface area contributed by atoms with Crippen LogP contribution in [0.15, 0.2) is 60.7 Å². The van der Waals surface area contributed by atoms with Crippen LogP contribution < -0.4 is 27.3 Å². The largest absolute Gasteiger partial charge is 0.456 e. The molecule has 3 aromatic carbocycles. The van der Waals surface area contributed by atoms with E-state index in [4.69, 9.17) is 33.5 Å². The number of halogens is 1. The van der Waals surface area contributed by atoms with E-state index in [2.05, 4.69) is 5.32 Å². The highest BCUT2D eigenvalue weighted by molar-refractivity contribution is 7.21. The summed E-state index contributed by atoms with van der Waals surface area (Å²) in [5.74, 6) is 0.162. The molecule has 2 amide bonds. The van der Waals surface area contributed by atoms with Crippen LogP contribution in [0.3, 0.4) is 0 Å². The molecule has 1 aliphatic carbocycles. The Hall–Kier alpha value is -3.96. The SMILES string of the molecule is CC(=O)N1CCCC(NC(=O)c2sc3c(N)ccc4c3c2C(N)C(=O)C4(N)c2ccc(Oc3ccccc3)c(Cl)c2)C1. The number of benzene rings is 3. The number of likely N-dealkylation sites (tertiary alicyclic amines) is 1. The molecular formula is C31H30ClN5O4S.